The minimum atomic E-state index is -0.591. The highest BCUT2D eigenvalue weighted by Gasteiger charge is 2.33. The monoisotopic (exact) mass is 257 g/mol. The highest BCUT2D eigenvalue weighted by molar-refractivity contribution is 6.01. The van der Waals surface area contributed by atoms with Crippen molar-refractivity contribution < 1.29 is 24.0 Å². The van der Waals surface area contributed by atoms with Crippen LogP contribution >= 0.6 is 0 Å². The van der Waals surface area contributed by atoms with E-state index >= 15 is 0 Å². The van der Waals surface area contributed by atoms with E-state index in [1.54, 1.807) is 0 Å². The Kier molecular flexibility index (Phi) is 4.84. The van der Waals surface area contributed by atoms with E-state index in [-0.39, 0.29) is 19.3 Å². The van der Waals surface area contributed by atoms with Crippen molar-refractivity contribution in [2.45, 2.75) is 52.1 Å². The van der Waals surface area contributed by atoms with Crippen LogP contribution in [0.5, 0.6) is 0 Å². The summed E-state index contributed by atoms with van der Waals surface area (Å²) in [5.41, 5.74) is -0.424. The van der Waals surface area contributed by atoms with Gasteiger partial charge in [0.1, 0.15) is 0 Å². The topological polar surface area (TPSA) is 72.9 Å². The molecule has 0 aromatic rings. The summed E-state index contributed by atoms with van der Waals surface area (Å²) in [7, 11) is 0. The molecular formula is C12H19NO5. The first-order valence-corrected chi connectivity index (χ1v) is 6.06. The van der Waals surface area contributed by atoms with E-state index in [1.807, 2.05) is 20.8 Å². The van der Waals surface area contributed by atoms with Gasteiger partial charge in [-0.05, 0) is 27.2 Å². The number of carbonyl (C=O) groups is 3. The molecule has 0 aromatic carbocycles. The molecule has 0 spiro atoms. The molecule has 0 aliphatic carbocycles. The first-order chi connectivity index (χ1) is 8.35. The molecule has 2 amide bonds. The van der Waals surface area contributed by atoms with E-state index in [0.29, 0.717) is 18.1 Å². The largest absolute Gasteiger partial charge is 0.376 e. The predicted octanol–water partition coefficient (Wildman–Crippen LogP) is 1.19. The fraction of sp³-hybridized carbons (Fsp3) is 0.750. The van der Waals surface area contributed by atoms with Crippen molar-refractivity contribution in [3.63, 3.8) is 0 Å². The lowest BCUT2D eigenvalue weighted by Crippen LogP contribution is -2.33. The maximum absolute atomic E-state index is 11.5. The molecule has 6 nitrogen and oxygen atoms in total. The van der Waals surface area contributed by atoms with E-state index in [4.69, 9.17) is 9.57 Å². The fourth-order valence-corrected chi connectivity index (χ4v) is 1.67. The Morgan fingerprint density at radius 1 is 1.28 bits per heavy atom. The van der Waals surface area contributed by atoms with Gasteiger partial charge in [0.05, 0.1) is 12.0 Å². The van der Waals surface area contributed by atoms with Gasteiger partial charge in [-0.1, -0.05) is 0 Å². The first kappa shape index (κ1) is 14.6. The van der Waals surface area contributed by atoms with Crippen molar-refractivity contribution in [3.8, 4) is 0 Å². The van der Waals surface area contributed by atoms with Crippen LogP contribution in [-0.2, 0) is 24.0 Å². The number of amides is 2. The standard InChI is InChI=1S/C12H19NO5/c1-4-17-12(2,3)8-7-11(16)18-13-9(14)5-6-10(13)15/h4-8H2,1-3H3. The zero-order chi connectivity index (χ0) is 13.8. The number of hydrogen-bond donors (Lipinski definition) is 0. The summed E-state index contributed by atoms with van der Waals surface area (Å²) in [6, 6.07) is 0. The number of carbonyl (C=O) groups excluding carboxylic acids is 3. The van der Waals surface area contributed by atoms with Crippen LogP contribution in [0.1, 0.15) is 46.5 Å². The molecule has 18 heavy (non-hydrogen) atoms. The van der Waals surface area contributed by atoms with Gasteiger partial charge in [0.15, 0.2) is 0 Å². The minimum absolute atomic E-state index is 0.101. The predicted molar refractivity (Wildman–Crippen MR) is 62.1 cm³/mol. The summed E-state index contributed by atoms with van der Waals surface area (Å²) < 4.78 is 5.44. The summed E-state index contributed by atoms with van der Waals surface area (Å²) in [6.07, 6.45) is 0.785. The normalized spacial score (nSPS) is 16.3. The maximum atomic E-state index is 11.5. The number of ether oxygens (including phenoxy) is 1. The van der Waals surface area contributed by atoms with Crippen molar-refractivity contribution in [2.75, 3.05) is 6.61 Å². The molecule has 0 bridgehead atoms. The molecule has 0 unspecified atom stereocenters. The maximum Gasteiger partial charge on any atom is 0.333 e. The Morgan fingerprint density at radius 3 is 2.33 bits per heavy atom. The third-order valence-electron chi connectivity index (χ3n) is 2.67. The van der Waals surface area contributed by atoms with Crippen LogP contribution in [0, 0.1) is 0 Å². The molecule has 1 aliphatic heterocycles. The molecule has 1 fully saturated rings. The molecule has 102 valence electrons. The average molecular weight is 257 g/mol. The number of nitrogens with zero attached hydrogens (tertiary/aromatic N) is 1. The molecule has 6 heteroatoms. The van der Waals surface area contributed by atoms with Crippen LogP contribution < -0.4 is 0 Å². The van der Waals surface area contributed by atoms with Gasteiger partial charge >= 0.3 is 5.97 Å². The molecule has 0 aromatic heterocycles. The van der Waals surface area contributed by atoms with Crippen molar-refractivity contribution in [1.82, 2.24) is 5.06 Å². The second kappa shape index (κ2) is 5.95. The SMILES string of the molecule is CCOC(C)(C)CCC(=O)ON1C(=O)CCC1=O. The summed E-state index contributed by atoms with van der Waals surface area (Å²) >= 11 is 0. The van der Waals surface area contributed by atoms with Crippen LogP contribution in [0.2, 0.25) is 0 Å². The molecule has 1 heterocycles. The number of rotatable bonds is 6. The second-order valence-electron chi connectivity index (χ2n) is 4.74. The third kappa shape index (κ3) is 4.10. The molecule has 0 radical (unpaired) electrons. The van der Waals surface area contributed by atoms with Crippen molar-refractivity contribution in [2.24, 2.45) is 0 Å². The molecule has 1 aliphatic rings. The van der Waals surface area contributed by atoms with Gasteiger partial charge in [-0.2, -0.15) is 0 Å². The van der Waals surface area contributed by atoms with E-state index in [1.165, 1.54) is 0 Å². The van der Waals surface area contributed by atoms with Gasteiger partial charge in [-0.25, -0.2) is 4.79 Å². The van der Waals surface area contributed by atoms with Crippen LogP contribution in [0.15, 0.2) is 0 Å². The molecule has 0 saturated carbocycles. The first-order valence-electron chi connectivity index (χ1n) is 6.06. The van der Waals surface area contributed by atoms with E-state index in [0.717, 1.165) is 0 Å². The fourth-order valence-electron chi connectivity index (χ4n) is 1.67. The minimum Gasteiger partial charge on any atom is -0.376 e. The van der Waals surface area contributed by atoms with Crippen LogP contribution in [0.3, 0.4) is 0 Å². The van der Waals surface area contributed by atoms with Gasteiger partial charge in [0.25, 0.3) is 11.8 Å². The van der Waals surface area contributed by atoms with E-state index in [9.17, 15) is 14.4 Å². The zero-order valence-electron chi connectivity index (χ0n) is 11.0. The Bertz CT molecular complexity index is 334. The lowest BCUT2D eigenvalue weighted by molar-refractivity contribution is -0.198. The summed E-state index contributed by atoms with van der Waals surface area (Å²) in [5, 5.41) is 0.565. The van der Waals surface area contributed by atoms with Gasteiger partial charge in [-0.3, -0.25) is 9.59 Å². The number of hydroxylamine groups is 2. The highest BCUT2D eigenvalue weighted by Crippen LogP contribution is 2.18. The van der Waals surface area contributed by atoms with Crippen LogP contribution in [-0.4, -0.2) is 35.1 Å². The van der Waals surface area contributed by atoms with Crippen molar-refractivity contribution >= 4 is 17.8 Å². The number of hydrogen-bond acceptors (Lipinski definition) is 5. The Balaban J connectivity index is 2.38. The van der Waals surface area contributed by atoms with E-state index in [2.05, 4.69) is 0 Å². The molecule has 1 saturated heterocycles. The molecule has 0 N–H and O–H groups in total. The summed E-state index contributed by atoms with van der Waals surface area (Å²) in [6.45, 7) is 6.18. The van der Waals surface area contributed by atoms with Gasteiger partial charge in [-0.15, -0.1) is 5.06 Å². The van der Waals surface area contributed by atoms with Gasteiger partial charge in [0, 0.05) is 19.4 Å². The van der Waals surface area contributed by atoms with Crippen LogP contribution in [0.4, 0.5) is 0 Å². The van der Waals surface area contributed by atoms with Crippen molar-refractivity contribution in [1.29, 1.82) is 0 Å². The lowest BCUT2D eigenvalue weighted by atomic mass is 10.0. The summed E-state index contributed by atoms with van der Waals surface area (Å²) in [5.74, 6) is -1.51. The quantitative estimate of drug-likeness (QED) is 0.668. The molecule has 1 rings (SSSR count). The average Bonchev–Trinajstić information content (AvgIpc) is 2.58. The van der Waals surface area contributed by atoms with Crippen LogP contribution in [0.25, 0.3) is 0 Å². The Morgan fingerprint density at radius 2 is 1.83 bits per heavy atom. The Hall–Kier alpha value is -1.43. The van der Waals surface area contributed by atoms with Gasteiger partial charge in [0.2, 0.25) is 0 Å². The van der Waals surface area contributed by atoms with Gasteiger partial charge < -0.3 is 9.57 Å². The lowest BCUT2D eigenvalue weighted by Gasteiger charge is -2.24. The van der Waals surface area contributed by atoms with Crippen molar-refractivity contribution in [3.05, 3.63) is 0 Å². The third-order valence-corrected chi connectivity index (χ3v) is 2.67. The zero-order valence-corrected chi connectivity index (χ0v) is 11.0. The summed E-state index contributed by atoms with van der Waals surface area (Å²) in [4.78, 5) is 38.7. The molecular weight excluding hydrogens is 238 g/mol. The molecule has 0 atom stereocenters. The number of imide groups is 1. The second-order valence-corrected chi connectivity index (χ2v) is 4.74. The Labute approximate surface area is 106 Å². The smallest absolute Gasteiger partial charge is 0.333 e. The highest BCUT2D eigenvalue weighted by atomic mass is 16.7. The van der Waals surface area contributed by atoms with E-state index < -0.39 is 23.4 Å².